The van der Waals surface area contributed by atoms with E-state index in [1.165, 1.54) is 0 Å². The van der Waals surface area contributed by atoms with Crippen LogP contribution in [0.1, 0.15) is 15.9 Å². The number of rotatable bonds is 4. The Bertz CT molecular complexity index is 614. The number of carbonyl (C=O) groups is 1. The zero-order valence-corrected chi connectivity index (χ0v) is 13.3. The molecule has 0 aliphatic carbocycles. The fraction of sp³-hybridized carbons (Fsp3) is 0.133. The Labute approximate surface area is 131 Å². The maximum Gasteiger partial charge on any atom is 0.251 e. The van der Waals surface area contributed by atoms with Crippen LogP contribution in [0.15, 0.2) is 46.9 Å². The molecule has 0 saturated carbocycles. The summed E-state index contributed by atoms with van der Waals surface area (Å²) in [4.78, 5) is 11.4. The van der Waals surface area contributed by atoms with E-state index in [1.54, 1.807) is 19.2 Å². The lowest BCUT2D eigenvalue weighted by atomic mass is 10.2. The molecular formula is C15H14BrClN2O. The molecule has 2 N–H and O–H groups in total. The minimum absolute atomic E-state index is 0.0888. The minimum Gasteiger partial charge on any atom is -0.381 e. The van der Waals surface area contributed by atoms with Gasteiger partial charge in [-0.25, -0.2) is 0 Å². The number of benzene rings is 2. The van der Waals surface area contributed by atoms with Crippen LogP contribution in [0.2, 0.25) is 5.02 Å². The van der Waals surface area contributed by atoms with Gasteiger partial charge in [0.15, 0.2) is 0 Å². The number of anilines is 1. The number of carbonyl (C=O) groups excluding carboxylic acids is 1. The highest BCUT2D eigenvalue weighted by atomic mass is 79.9. The molecule has 0 fully saturated rings. The summed E-state index contributed by atoms with van der Waals surface area (Å²) in [5.41, 5.74) is 2.67. The predicted molar refractivity (Wildman–Crippen MR) is 86.3 cm³/mol. The van der Waals surface area contributed by atoms with Gasteiger partial charge in [-0.3, -0.25) is 4.79 Å². The first-order valence-corrected chi connectivity index (χ1v) is 7.27. The predicted octanol–water partition coefficient (Wildman–Crippen LogP) is 4.07. The first-order valence-electron chi connectivity index (χ1n) is 6.10. The quantitative estimate of drug-likeness (QED) is 0.870. The van der Waals surface area contributed by atoms with E-state index in [2.05, 4.69) is 26.6 Å². The highest BCUT2D eigenvalue weighted by Crippen LogP contribution is 2.22. The highest BCUT2D eigenvalue weighted by molar-refractivity contribution is 9.10. The van der Waals surface area contributed by atoms with Crippen molar-refractivity contribution in [1.82, 2.24) is 5.32 Å². The topological polar surface area (TPSA) is 41.1 Å². The largest absolute Gasteiger partial charge is 0.381 e. The zero-order valence-electron chi connectivity index (χ0n) is 10.9. The third kappa shape index (κ3) is 3.74. The van der Waals surface area contributed by atoms with Gasteiger partial charge in [0.05, 0.1) is 0 Å². The van der Waals surface area contributed by atoms with Gasteiger partial charge in [-0.2, -0.15) is 0 Å². The molecule has 0 saturated heterocycles. The normalized spacial score (nSPS) is 10.2. The average Bonchev–Trinajstić information content (AvgIpc) is 2.48. The number of hydrogen-bond donors (Lipinski definition) is 2. The van der Waals surface area contributed by atoms with E-state index in [1.807, 2.05) is 30.3 Å². The second-order valence-electron chi connectivity index (χ2n) is 4.25. The fourth-order valence-electron chi connectivity index (χ4n) is 1.76. The third-order valence-corrected chi connectivity index (χ3v) is 3.87. The highest BCUT2D eigenvalue weighted by Gasteiger charge is 2.03. The van der Waals surface area contributed by atoms with Gasteiger partial charge in [0.2, 0.25) is 0 Å². The number of halogens is 2. The molecule has 0 aliphatic heterocycles. The molecular weight excluding hydrogens is 340 g/mol. The van der Waals surface area contributed by atoms with Crippen LogP contribution < -0.4 is 10.6 Å². The number of hydrogen-bond acceptors (Lipinski definition) is 2. The van der Waals surface area contributed by atoms with Gasteiger partial charge in [-0.1, -0.05) is 27.5 Å². The standard InChI is InChI=1S/C15H14BrClN2O/c1-18-15(20)10-2-5-13(6-3-10)19-9-11-8-12(17)4-7-14(11)16/h2-8,19H,9H2,1H3,(H,18,20). The lowest BCUT2D eigenvalue weighted by molar-refractivity contribution is 0.0963. The van der Waals surface area contributed by atoms with E-state index in [9.17, 15) is 4.79 Å². The van der Waals surface area contributed by atoms with Crippen molar-refractivity contribution in [2.75, 3.05) is 12.4 Å². The van der Waals surface area contributed by atoms with Crippen LogP contribution in [0.4, 0.5) is 5.69 Å². The van der Waals surface area contributed by atoms with E-state index < -0.39 is 0 Å². The van der Waals surface area contributed by atoms with Crippen molar-refractivity contribution in [2.24, 2.45) is 0 Å². The summed E-state index contributed by atoms with van der Waals surface area (Å²) in [5.74, 6) is -0.0888. The van der Waals surface area contributed by atoms with E-state index in [0.29, 0.717) is 17.1 Å². The van der Waals surface area contributed by atoms with Crippen molar-refractivity contribution < 1.29 is 4.79 Å². The van der Waals surface area contributed by atoms with Crippen molar-refractivity contribution >= 4 is 39.1 Å². The van der Waals surface area contributed by atoms with E-state index in [-0.39, 0.29) is 5.91 Å². The van der Waals surface area contributed by atoms with Gasteiger partial charge in [-0.05, 0) is 48.0 Å². The Kier molecular flexibility index (Phi) is 5.04. The SMILES string of the molecule is CNC(=O)c1ccc(NCc2cc(Cl)ccc2Br)cc1. The van der Waals surface area contributed by atoms with Crippen LogP contribution in [-0.2, 0) is 6.54 Å². The maximum atomic E-state index is 11.4. The summed E-state index contributed by atoms with van der Waals surface area (Å²) in [7, 11) is 1.62. The molecule has 0 spiro atoms. The first-order chi connectivity index (χ1) is 9.60. The summed E-state index contributed by atoms with van der Waals surface area (Å²) in [6.07, 6.45) is 0. The van der Waals surface area contributed by atoms with E-state index in [4.69, 9.17) is 11.6 Å². The van der Waals surface area contributed by atoms with Crippen LogP contribution in [0, 0.1) is 0 Å². The molecule has 20 heavy (non-hydrogen) atoms. The lowest BCUT2D eigenvalue weighted by Gasteiger charge is -2.09. The van der Waals surface area contributed by atoms with E-state index in [0.717, 1.165) is 15.7 Å². The molecule has 0 aliphatic rings. The van der Waals surface area contributed by atoms with Crippen LogP contribution >= 0.6 is 27.5 Å². The summed E-state index contributed by atoms with van der Waals surface area (Å²) in [6.45, 7) is 0.653. The van der Waals surface area contributed by atoms with Crippen molar-refractivity contribution in [3.8, 4) is 0 Å². The molecule has 2 rings (SSSR count). The molecule has 2 aromatic carbocycles. The van der Waals surface area contributed by atoms with Crippen LogP contribution in [0.3, 0.4) is 0 Å². The molecule has 104 valence electrons. The van der Waals surface area contributed by atoms with Crippen LogP contribution in [0.25, 0.3) is 0 Å². The molecule has 0 aromatic heterocycles. The Morgan fingerprint density at radius 1 is 1.20 bits per heavy atom. The van der Waals surface area contributed by atoms with E-state index >= 15 is 0 Å². The number of nitrogens with one attached hydrogen (secondary N) is 2. The molecule has 1 amide bonds. The Morgan fingerprint density at radius 3 is 2.55 bits per heavy atom. The van der Waals surface area contributed by atoms with Crippen LogP contribution in [0.5, 0.6) is 0 Å². The van der Waals surface area contributed by atoms with Crippen molar-refractivity contribution in [1.29, 1.82) is 0 Å². The van der Waals surface area contributed by atoms with Crippen molar-refractivity contribution in [3.05, 3.63) is 63.1 Å². The smallest absolute Gasteiger partial charge is 0.251 e. The molecule has 5 heteroatoms. The summed E-state index contributed by atoms with van der Waals surface area (Å²) in [6, 6.07) is 13.0. The van der Waals surface area contributed by atoms with Gasteiger partial charge in [0.1, 0.15) is 0 Å². The molecule has 0 heterocycles. The van der Waals surface area contributed by atoms with Gasteiger partial charge in [0.25, 0.3) is 5.91 Å². The van der Waals surface area contributed by atoms with Gasteiger partial charge < -0.3 is 10.6 Å². The summed E-state index contributed by atoms with van der Waals surface area (Å²) < 4.78 is 1.01. The molecule has 0 unspecified atom stereocenters. The fourth-order valence-corrected chi connectivity index (χ4v) is 2.34. The number of amides is 1. The zero-order chi connectivity index (χ0) is 14.5. The Hall–Kier alpha value is -1.52. The first kappa shape index (κ1) is 14.9. The molecule has 3 nitrogen and oxygen atoms in total. The Morgan fingerprint density at radius 2 is 1.90 bits per heavy atom. The van der Waals surface area contributed by atoms with Crippen LogP contribution in [-0.4, -0.2) is 13.0 Å². The molecule has 0 bridgehead atoms. The molecule has 2 aromatic rings. The van der Waals surface area contributed by atoms with Gasteiger partial charge in [0, 0.05) is 34.3 Å². The van der Waals surface area contributed by atoms with Crippen molar-refractivity contribution in [2.45, 2.75) is 6.54 Å². The summed E-state index contributed by atoms with van der Waals surface area (Å²) in [5, 5.41) is 6.59. The monoisotopic (exact) mass is 352 g/mol. The second-order valence-corrected chi connectivity index (χ2v) is 5.54. The maximum absolute atomic E-state index is 11.4. The van der Waals surface area contributed by atoms with Crippen molar-refractivity contribution in [3.63, 3.8) is 0 Å². The second kappa shape index (κ2) is 6.77. The minimum atomic E-state index is -0.0888. The van der Waals surface area contributed by atoms with Gasteiger partial charge >= 0.3 is 0 Å². The molecule has 0 radical (unpaired) electrons. The average molecular weight is 354 g/mol. The molecule has 0 atom stereocenters. The Balaban J connectivity index is 2.04. The summed E-state index contributed by atoms with van der Waals surface area (Å²) >= 11 is 9.47. The lowest BCUT2D eigenvalue weighted by Crippen LogP contribution is -2.17. The third-order valence-electron chi connectivity index (χ3n) is 2.86. The van der Waals surface area contributed by atoms with Gasteiger partial charge in [-0.15, -0.1) is 0 Å².